The molecule has 152 valence electrons. The van der Waals surface area contributed by atoms with Gasteiger partial charge < -0.3 is 20.7 Å². The van der Waals surface area contributed by atoms with Gasteiger partial charge in [0.05, 0.1) is 23.7 Å². The van der Waals surface area contributed by atoms with Gasteiger partial charge in [0.25, 0.3) is 5.91 Å². The van der Waals surface area contributed by atoms with E-state index in [1.807, 2.05) is 0 Å². The smallest absolute Gasteiger partial charge is 0.258 e. The van der Waals surface area contributed by atoms with Gasteiger partial charge in [-0.15, -0.1) is 0 Å². The number of nitrogens with zero attached hydrogens (tertiary/aromatic N) is 3. The molecule has 0 spiro atoms. The Hall–Kier alpha value is -2.71. The maximum Gasteiger partial charge on any atom is 0.258 e. The topological polar surface area (TPSA) is 93.4 Å². The number of hydrogen-bond donors (Lipinski definition) is 2. The molecule has 9 heteroatoms. The van der Waals surface area contributed by atoms with Crippen LogP contribution in [0, 0.1) is 5.82 Å². The molecule has 1 aromatic carbocycles. The van der Waals surface area contributed by atoms with Crippen LogP contribution in [0.1, 0.15) is 29.0 Å². The number of carbonyl (C=O) groups excluding carboxylic acids is 1. The molecular weight excluding hydrogens is 397 g/mol. The lowest BCUT2D eigenvalue weighted by atomic mass is 10.1. The van der Waals surface area contributed by atoms with Gasteiger partial charge in [-0.25, -0.2) is 14.4 Å². The van der Waals surface area contributed by atoms with Crippen molar-refractivity contribution in [1.82, 2.24) is 20.2 Å². The van der Waals surface area contributed by atoms with E-state index >= 15 is 0 Å². The minimum atomic E-state index is -0.445. The van der Waals surface area contributed by atoms with Crippen LogP contribution < -0.4 is 15.8 Å². The number of benzene rings is 1. The van der Waals surface area contributed by atoms with Crippen LogP contribution in [-0.4, -0.2) is 53.1 Å². The number of halogens is 2. The summed E-state index contributed by atoms with van der Waals surface area (Å²) in [5.74, 6) is -0.0233. The Bertz CT molecular complexity index is 944. The zero-order valence-corrected chi connectivity index (χ0v) is 16.5. The summed E-state index contributed by atoms with van der Waals surface area (Å²) in [5, 5.41) is 3.68. The Morgan fingerprint density at radius 3 is 2.69 bits per heavy atom. The molecule has 1 aromatic heterocycles. The van der Waals surface area contributed by atoms with Crippen molar-refractivity contribution in [3.63, 3.8) is 0 Å². The summed E-state index contributed by atoms with van der Waals surface area (Å²) >= 11 is 5.84. The van der Waals surface area contributed by atoms with Gasteiger partial charge >= 0.3 is 0 Å². The van der Waals surface area contributed by atoms with Crippen LogP contribution in [0.15, 0.2) is 36.3 Å². The lowest BCUT2D eigenvalue weighted by Crippen LogP contribution is -2.35. The molecule has 2 aromatic rings. The van der Waals surface area contributed by atoms with E-state index in [0.717, 1.165) is 25.9 Å². The highest BCUT2D eigenvalue weighted by Crippen LogP contribution is 2.28. The van der Waals surface area contributed by atoms with Crippen molar-refractivity contribution in [3.8, 4) is 5.75 Å². The molecule has 0 bridgehead atoms. The highest BCUT2D eigenvalue weighted by atomic mass is 35.5. The zero-order chi connectivity index (χ0) is 20.4. The molecule has 4 rings (SSSR count). The normalized spacial score (nSPS) is 17.7. The molecule has 2 aliphatic heterocycles. The molecule has 2 aliphatic rings. The predicted octanol–water partition coefficient (Wildman–Crippen LogP) is 2.23. The minimum Gasteiger partial charge on any atom is -0.489 e. The summed E-state index contributed by atoms with van der Waals surface area (Å²) in [4.78, 5) is 23.1. The molecule has 0 aliphatic carbocycles. The van der Waals surface area contributed by atoms with Gasteiger partial charge in [-0.3, -0.25) is 4.79 Å². The quantitative estimate of drug-likeness (QED) is 0.792. The average molecular weight is 418 g/mol. The van der Waals surface area contributed by atoms with Crippen LogP contribution in [0.2, 0.25) is 5.02 Å². The van der Waals surface area contributed by atoms with E-state index in [2.05, 4.69) is 15.3 Å². The molecule has 0 radical (unpaired) electrons. The molecule has 1 amide bonds. The summed E-state index contributed by atoms with van der Waals surface area (Å²) in [6, 6.07) is 3.99. The van der Waals surface area contributed by atoms with Gasteiger partial charge in [-0.05, 0) is 38.1 Å². The van der Waals surface area contributed by atoms with Crippen LogP contribution in [0.4, 0.5) is 4.39 Å². The Balaban J connectivity index is 1.53. The lowest BCUT2D eigenvalue weighted by Gasteiger charge is -2.26. The number of rotatable bonds is 4. The van der Waals surface area contributed by atoms with Gasteiger partial charge in [-0.1, -0.05) is 11.6 Å². The zero-order valence-electron chi connectivity index (χ0n) is 15.7. The summed E-state index contributed by atoms with van der Waals surface area (Å²) in [5.41, 5.74) is 7.65. The molecule has 0 atom stereocenters. The highest BCUT2D eigenvalue weighted by Gasteiger charge is 2.30. The number of piperidine rings is 1. The molecule has 29 heavy (non-hydrogen) atoms. The molecule has 3 N–H and O–H groups in total. The van der Waals surface area contributed by atoms with Crippen LogP contribution in [-0.2, 0) is 0 Å². The average Bonchev–Trinajstić information content (AvgIpc) is 3.11. The van der Waals surface area contributed by atoms with Gasteiger partial charge in [-0.2, -0.15) is 0 Å². The molecule has 3 heterocycles. The van der Waals surface area contributed by atoms with Crippen molar-refractivity contribution in [2.45, 2.75) is 18.9 Å². The first-order valence-electron chi connectivity index (χ1n) is 9.43. The summed E-state index contributed by atoms with van der Waals surface area (Å²) < 4.78 is 19.8. The second-order valence-electron chi connectivity index (χ2n) is 7.10. The molecular formula is C20H21ClFN5O2. The molecule has 7 nitrogen and oxygen atoms in total. The van der Waals surface area contributed by atoms with Crippen molar-refractivity contribution in [3.05, 3.63) is 58.5 Å². The number of nitrogens with one attached hydrogen (secondary N) is 1. The Kier molecular flexibility index (Phi) is 5.64. The van der Waals surface area contributed by atoms with E-state index in [-0.39, 0.29) is 30.9 Å². The highest BCUT2D eigenvalue weighted by molar-refractivity contribution is 6.30. The standard InChI is InChI=1S/C20H21ClFN5O2/c21-12-8-25-19(26-9-12)16-10-27(11-17(16)23)20(28)15-2-1-13(22)7-18(15)29-14-3-5-24-6-4-14/h1-2,7-9,14,24H,3-6,10-11,23H2. The lowest BCUT2D eigenvalue weighted by molar-refractivity contribution is 0.0788. The number of hydrogen-bond acceptors (Lipinski definition) is 6. The Labute approximate surface area is 172 Å². The number of carbonyl (C=O) groups is 1. The fourth-order valence-corrected chi connectivity index (χ4v) is 3.61. The van der Waals surface area contributed by atoms with E-state index in [1.54, 1.807) is 4.90 Å². The van der Waals surface area contributed by atoms with Gasteiger partial charge in [0, 0.05) is 29.7 Å². The van der Waals surface area contributed by atoms with Gasteiger partial charge in [0.1, 0.15) is 17.7 Å². The number of amides is 1. The first-order valence-corrected chi connectivity index (χ1v) is 9.80. The van der Waals surface area contributed by atoms with Crippen molar-refractivity contribution in [1.29, 1.82) is 0 Å². The largest absolute Gasteiger partial charge is 0.489 e. The number of aromatic nitrogens is 2. The van der Waals surface area contributed by atoms with Crippen molar-refractivity contribution < 1.29 is 13.9 Å². The SMILES string of the molecule is NC1=C(c2ncc(Cl)cn2)CN(C(=O)c2ccc(F)cc2OC2CCNCC2)C1. The third-order valence-electron chi connectivity index (χ3n) is 5.03. The third kappa shape index (κ3) is 4.33. The van der Waals surface area contributed by atoms with Crippen molar-refractivity contribution in [2.24, 2.45) is 5.73 Å². The number of ether oxygens (including phenoxy) is 1. The van der Waals surface area contributed by atoms with Crippen LogP contribution in [0.3, 0.4) is 0 Å². The molecule has 1 saturated heterocycles. The van der Waals surface area contributed by atoms with Crippen LogP contribution in [0.25, 0.3) is 5.57 Å². The second kappa shape index (κ2) is 8.34. The third-order valence-corrected chi connectivity index (χ3v) is 5.22. The van der Waals surface area contributed by atoms with E-state index < -0.39 is 5.82 Å². The fourth-order valence-electron chi connectivity index (χ4n) is 3.51. The summed E-state index contributed by atoms with van der Waals surface area (Å²) in [6.45, 7) is 2.17. The minimum absolute atomic E-state index is 0.0515. The van der Waals surface area contributed by atoms with E-state index in [4.69, 9.17) is 22.1 Å². The summed E-state index contributed by atoms with van der Waals surface area (Å²) in [6.07, 6.45) is 4.53. The first-order chi connectivity index (χ1) is 14.0. The van der Waals surface area contributed by atoms with Crippen molar-refractivity contribution >= 4 is 23.1 Å². The molecule has 0 saturated carbocycles. The maximum atomic E-state index is 13.8. The predicted molar refractivity (Wildman–Crippen MR) is 107 cm³/mol. The first kappa shape index (κ1) is 19.6. The van der Waals surface area contributed by atoms with E-state index in [0.29, 0.717) is 27.7 Å². The Morgan fingerprint density at radius 2 is 1.97 bits per heavy atom. The van der Waals surface area contributed by atoms with Crippen LogP contribution in [0.5, 0.6) is 5.75 Å². The number of nitrogens with two attached hydrogens (primary N) is 1. The second-order valence-corrected chi connectivity index (χ2v) is 7.53. The Morgan fingerprint density at radius 1 is 1.24 bits per heavy atom. The molecule has 0 unspecified atom stereocenters. The van der Waals surface area contributed by atoms with Crippen LogP contribution >= 0.6 is 11.6 Å². The van der Waals surface area contributed by atoms with Gasteiger partial charge in [0.2, 0.25) is 0 Å². The van der Waals surface area contributed by atoms with E-state index in [9.17, 15) is 9.18 Å². The van der Waals surface area contributed by atoms with Gasteiger partial charge in [0.15, 0.2) is 5.82 Å². The maximum absolute atomic E-state index is 13.8. The molecule has 1 fully saturated rings. The fraction of sp³-hybridized carbons (Fsp3) is 0.350. The van der Waals surface area contributed by atoms with Crippen molar-refractivity contribution in [2.75, 3.05) is 26.2 Å². The summed E-state index contributed by atoms with van der Waals surface area (Å²) in [7, 11) is 0. The van der Waals surface area contributed by atoms with E-state index in [1.165, 1.54) is 30.6 Å². The monoisotopic (exact) mass is 417 g/mol.